The van der Waals surface area contributed by atoms with Gasteiger partial charge in [-0.1, -0.05) is 0 Å². The summed E-state index contributed by atoms with van der Waals surface area (Å²) in [5, 5.41) is 14.3. The molecule has 120 valence electrons. The van der Waals surface area contributed by atoms with Crippen LogP contribution in [0.2, 0.25) is 0 Å². The van der Waals surface area contributed by atoms with Crippen molar-refractivity contribution < 1.29 is 14.1 Å². The van der Waals surface area contributed by atoms with Crippen LogP contribution in [0.15, 0.2) is 44.3 Å². The molecule has 1 aromatic carbocycles. The van der Waals surface area contributed by atoms with Crippen molar-refractivity contribution in [2.45, 2.75) is 0 Å². The summed E-state index contributed by atoms with van der Waals surface area (Å²) in [5.74, 6) is 0.618. The number of nitrogens with one attached hydrogen (secondary N) is 1. The monoisotopic (exact) mass is 380 g/mol. The molecule has 0 fully saturated rings. The van der Waals surface area contributed by atoms with E-state index in [-0.39, 0.29) is 11.3 Å². The number of amides is 1. The van der Waals surface area contributed by atoms with E-state index in [1.54, 1.807) is 11.0 Å². The third kappa shape index (κ3) is 4.16. The van der Waals surface area contributed by atoms with E-state index in [0.717, 1.165) is 4.47 Å². The first-order chi connectivity index (χ1) is 10.9. The Balaban J connectivity index is 2.01. The normalized spacial score (nSPS) is 10.7. The summed E-state index contributed by atoms with van der Waals surface area (Å²) in [6, 6.07) is 6.95. The number of hydrazone groups is 1. The van der Waals surface area contributed by atoms with Gasteiger partial charge < -0.3 is 9.32 Å². The van der Waals surface area contributed by atoms with E-state index in [1.165, 1.54) is 30.5 Å². The zero-order chi connectivity index (χ0) is 17.0. The van der Waals surface area contributed by atoms with Gasteiger partial charge in [0.15, 0.2) is 5.76 Å². The van der Waals surface area contributed by atoms with Crippen molar-refractivity contribution in [3.05, 3.63) is 56.2 Å². The van der Waals surface area contributed by atoms with Crippen LogP contribution in [0.25, 0.3) is 0 Å². The molecule has 0 aliphatic rings. The van der Waals surface area contributed by atoms with Crippen LogP contribution >= 0.6 is 15.9 Å². The Morgan fingerprint density at radius 3 is 2.57 bits per heavy atom. The predicted octanol–water partition coefficient (Wildman–Crippen LogP) is 2.78. The van der Waals surface area contributed by atoms with E-state index in [9.17, 15) is 14.9 Å². The van der Waals surface area contributed by atoms with Gasteiger partial charge in [-0.3, -0.25) is 14.9 Å². The second kappa shape index (κ2) is 7.05. The molecule has 0 radical (unpaired) electrons. The van der Waals surface area contributed by atoms with E-state index in [4.69, 9.17) is 4.42 Å². The van der Waals surface area contributed by atoms with E-state index >= 15 is 0 Å². The SMILES string of the molecule is CN(C)c1oc(/C=N\NC(=O)c2ccc([N+](=O)[O-])cc2)cc1Br. The average Bonchev–Trinajstić information content (AvgIpc) is 2.88. The second-order valence-electron chi connectivity index (χ2n) is 4.70. The highest BCUT2D eigenvalue weighted by atomic mass is 79.9. The van der Waals surface area contributed by atoms with Gasteiger partial charge in [0, 0.05) is 37.9 Å². The van der Waals surface area contributed by atoms with E-state index in [1.807, 2.05) is 14.1 Å². The third-order valence-electron chi connectivity index (χ3n) is 2.79. The standard InChI is InChI=1S/C14H13BrN4O4/c1-18(2)14-12(15)7-11(23-14)8-16-17-13(20)9-3-5-10(6-4-9)19(21)22/h3-8H,1-2H3,(H,17,20)/b16-8-. The quantitative estimate of drug-likeness (QED) is 0.488. The fourth-order valence-electron chi connectivity index (χ4n) is 1.70. The number of hydrogen-bond acceptors (Lipinski definition) is 6. The highest BCUT2D eigenvalue weighted by Crippen LogP contribution is 2.27. The van der Waals surface area contributed by atoms with Crippen molar-refractivity contribution in [1.82, 2.24) is 5.43 Å². The lowest BCUT2D eigenvalue weighted by Crippen LogP contribution is -2.17. The Labute approximate surface area is 140 Å². The molecule has 8 nitrogen and oxygen atoms in total. The van der Waals surface area contributed by atoms with Crippen molar-refractivity contribution in [2.75, 3.05) is 19.0 Å². The molecule has 0 bridgehead atoms. The highest BCUT2D eigenvalue weighted by Gasteiger charge is 2.10. The summed E-state index contributed by atoms with van der Waals surface area (Å²) in [7, 11) is 3.67. The minimum absolute atomic E-state index is 0.0818. The number of nitrogens with zero attached hydrogens (tertiary/aromatic N) is 3. The Kier molecular flexibility index (Phi) is 5.12. The number of nitro benzene ring substituents is 1. The summed E-state index contributed by atoms with van der Waals surface area (Å²) in [5.41, 5.74) is 2.51. The molecule has 0 aliphatic heterocycles. The molecule has 0 aliphatic carbocycles. The summed E-state index contributed by atoms with van der Waals surface area (Å²) >= 11 is 3.35. The van der Waals surface area contributed by atoms with Crippen molar-refractivity contribution in [3.8, 4) is 0 Å². The maximum atomic E-state index is 11.9. The molecule has 0 atom stereocenters. The van der Waals surface area contributed by atoms with Crippen molar-refractivity contribution in [1.29, 1.82) is 0 Å². The van der Waals surface area contributed by atoms with Crippen molar-refractivity contribution in [2.24, 2.45) is 5.10 Å². The second-order valence-corrected chi connectivity index (χ2v) is 5.55. The number of nitro groups is 1. The van der Waals surface area contributed by atoms with Crippen LogP contribution in [0, 0.1) is 10.1 Å². The van der Waals surface area contributed by atoms with Crippen LogP contribution in [0.3, 0.4) is 0 Å². The number of benzene rings is 1. The number of anilines is 1. The zero-order valence-electron chi connectivity index (χ0n) is 12.3. The van der Waals surface area contributed by atoms with Gasteiger partial charge in [-0.25, -0.2) is 5.43 Å². The lowest BCUT2D eigenvalue weighted by atomic mass is 10.2. The molecule has 23 heavy (non-hydrogen) atoms. The van der Waals surface area contributed by atoms with Crippen LogP contribution in [-0.2, 0) is 0 Å². The van der Waals surface area contributed by atoms with Crippen LogP contribution in [-0.4, -0.2) is 31.1 Å². The fraction of sp³-hybridized carbons (Fsp3) is 0.143. The summed E-state index contributed by atoms with van der Waals surface area (Å²) < 4.78 is 6.28. The summed E-state index contributed by atoms with van der Waals surface area (Å²) in [6.07, 6.45) is 1.36. The van der Waals surface area contributed by atoms with Gasteiger partial charge in [-0.15, -0.1) is 0 Å². The molecule has 1 aromatic heterocycles. The lowest BCUT2D eigenvalue weighted by Gasteiger charge is -2.07. The number of rotatable bonds is 5. The number of halogens is 1. The molecular formula is C14H13BrN4O4. The van der Waals surface area contributed by atoms with Gasteiger partial charge in [0.1, 0.15) is 0 Å². The van der Waals surface area contributed by atoms with Gasteiger partial charge in [0.2, 0.25) is 5.88 Å². The van der Waals surface area contributed by atoms with Crippen LogP contribution < -0.4 is 10.3 Å². The highest BCUT2D eigenvalue weighted by molar-refractivity contribution is 9.10. The van der Waals surface area contributed by atoms with Crippen molar-refractivity contribution >= 4 is 39.6 Å². The van der Waals surface area contributed by atoms with E-state index < -0.39 is 10.8 Å². The van der Waals surface area contributed by atoms with E-state index in [0.29, 0.717) is 11.6 Å². The number of non-ortho nitro benzene ring substituents is 1. The maximum Gasteiger partial charge on any atom is 0.271 e. The molecular weight excluding hydrogens is 368 g/mol. The van der Waals surface area contributed by atoms with Gasteiger partial charge in [0.25, 0.3) is 11.6 Å². The maximum absolute atomic E-state index is 11.9. The first kappa shape index (κ1) is 16.7. The Hall–Kier alpha value is -2.68. The average molecular weight is 381 g/mol. The van der Waals surface area contributed by atoms with E-state index in [2.05, 4.69) is 26.5 Å². The van der Waals surface area contributed by atoms with Crippen LogP contribution in [0.5, 0.6) is 0 Å². The van der Waals surface area contributed by atoms with Crippen LogP contribution in [0.1, 0.15) is 16.1 Å². The third-order valence-corrected chi connectivity index (χ3v) is 3.36. The minimum atomic E-state index is -0.531. The Morgan fingerprint density at radius 1 is 1.39 bits per heavy atom. The smallest absolute Gasteiger partial charge is 0.271 e. The molecule has 0 saturated heterocycles. The number of hydrogen-bond donors (Lipinski definition) is 1. The molecule has 0 saturated carbocycles. The van der Waals surface area contributed by atoms with Crippen LogP contribution in [0.4, 0.5) is 11.6 Å². The van der Waals surface area contributed by atoms with Gasteiger partial charge in [-0.05, 0) is 28.1 Å². The number of carbonyl (C=O) groups is 1. The first-order valence-corrected chi connectivity index (χ1v) is 7.22. The summed E-state index contributed by atoms with van der Waals surface area (Å²) in [6.45, 7) is 0. The fourth-order valence-corrected chi connectivity index (χ4v) is 2.36. The number of furan rings is 1. The minimum Gasteiger partial charge on any atom is -0.438 e. The molecule has 9 heteroatoms. The molecule has 2 rings (SSSR count). The zero-order valence-corrected chi connectivity index (χ0v) is 13.9. The van der Waals surface area contributed by atoms with Gasteiger partial charge in [-0.2, -0.15) is 5.10 Å². The van der Waals surface area contributed by atoms with Gasteiger partial charge >= 0.3 is 0 Å². The predicted molar refractivity (Wildman–Crippen MR) is 88.9 cm³/mol. The Morgan fingerprint density at radius 2 is 2.04 bits per heavy atom. The molecule has 1 amide bonds. The van der Waals surface area contributed by atoms with Crippen molar-refractivity contribution in [3.63, 3.8) is 0 Å². The first-order valence-electron chi connectivity index (χ1n) is 6.43. The summed E-state index contributed by atoms with van der Waals surface area (Å²) in [4.78, 5) is 23.7. The molecule has 1 N–H and O–H groups in total. The molecule has 2 aromatic rings. The number of carbonyl (C=O) groups excluding carboxylic acids is 1. The topological polar surface area (TPSA) is 101 Å². The largest absolute Gasteiger partial charge is 0.438 e. The molecule has 0 unspecified atom stereocenters. The molecule has 0 spiro atoms. The Bertz CT molecular complexity index is 753. The molecule has 1 heterocycles. The van der Waals surface area contributed by atoms with Gasteiger partial charge in [0.05, 0.1) is 15.6 Å². The lowest BCUT2D eigenvalue weighted by molar-refractivity contribution is -0.384.